The van der Waals surface area contributed by atoms with Crippen LogP contribution in [0.15, 0.2) is 41.9 Å². The van der Waals surface area contributed by atoms with E-state index in [0.717, 1.165) is 17.4 Å². The molecule has 0 radical (unpaired) electrons. The molecule has 0 fully saturated rings. The van der Waals surface area contributed by atoms with Crippen LogP contribution in [0.4, 0.5) is 0 Å². The standard InChI is InChI=1S/C20H30N6O/c1-7-11-21-19(22-13-18-25-24-15(2)26(18)5)23-14-20(3,4)16-9-8-10-17(12-16)27-6/h7-10,12H,1,11,13-14H2,2-6H3,(H2,21,22,23). The van der Waals surface area contributed by atoms with Crippen LogP contribution in [-0.2, 0) is 19.0 Å². The fourth-order valence-electron chi connectivity index (χ4n) is 2.53. The number of aryl methyl sites for hydroxylation is 1. The van der Waals surface area contributed by atoms with Crippen LogP contribution in [0.2, 0.25) is 0 Å². The minimum Gasteiger partial charge on any atom is -0.497 e. The summed E-state index contributed by atoms with van der Waals surface area (Å²) in [5, 5.41) is 14.9. The Labute approximate surface area is 161 Å². The third-order valence-electron chi connectivity index (χ3n) is 4.52. The largest absolute Gasteiger partial charge is 0.497 e. The second-order valence-electron chi connectivity index (χ2n) is 7.03. The summed E-state index contributed by atoms with van der Waals surface area (Å²) in [4.78, 5) is 4.63. The molecule has 0 amide bonds. The van der Waals surface area contributed by atoms with Crippen molar-refractivity contribution in [2.45, 2.75) is 32.7 Å². The molecule has 146 valence electrons. The van der Waals surface area contributed by atoms with E-state index in [1.165, 1.54) is 5.56 Å². The van der Waals surface area contributed by atoms with Crippen molar-refractivity contribution in [1.29, 1.82) is 0 Å². The summed E-state index contributed by atoms with van der Waals surface area (Å²) in [6.07, 6.45) is 1.80. The molecule has 2 aromatic rings. The lowest BCUT2D eigenvalue weighted by Gasteiger charge is -2.27. The van der Waals surface area contributed by atoms with Gasteiger partial charge >= 0.3 is 0 Å². The molecule has 0 unspecified atom stereocenters. The van der Waals surface area contributed by atoms with E-state index in [1.54, 1.807) is 13.2 Å². The second-order valence-corrected chi connectivity index (χ2v) is 7.03. The Morgan fingerprint density at radius 3 is 2.74 bits per heavy atom. The summed E-state index contributed by atoms with van der Waals surface area (Å²) in [5.74, 6) is 3.26. The summed E-state index contributed by atoms with van der Waals surface area (Å²) < 4.78 is 7.29. The lowest BCUT2D eigenvalue weighted by atomic mass is 9.84. The van der Waals surface area contributed by atoms with Gasteiger partial charge in [-0.1, -0.05) is 32.1 Å². The zero-order chi connectivity index (χ0) is 19.9. The molecule has 0 saturated carbocycles. The number of methoxy groups -OCH3 is 1. The maximum atomic E-state index is 5.35. The van der Waals surface area contributed by atoms with Crippen molar-refractivity contribution in [3.8, 4) is 5.75 Å². The van der Waals surface area contributed by atoms with Gasteiger partial charge in [0, 0.05) is 25.6 Å². The molecule has 1 aromatic carbocycles. The number of guanidine groups is 1. The molecule has 2 rings (SSSR count). The third-order valence-corrected chi connectivity index (χ3v) is 4.52. The van der Waals surface area contributed by atoms with E-state index in [2.05, 4.69) is 58.4 Å². The molecule has 7 heteroatoms. The van der Waals surface area contributed by atoms with Crippen molar-refractivity contribution in [2.24, 2.45) is 12.0 Å². The number of hydrogen-bond donors (Lipinski definition) is 2. The summed E-state index contributed by atoms with van der Waals surface area (Å²) in [6, 6.07) is 8.14. The Bertz CT molecular complexity index is 794. The first kappa shape index (κ1) is 20.5. The number of aromatic nitrogens is 3. The highest BCUT2D eigenvalue weighted by molar-refractivity contribution is 5.80. The topological polar surface area (TPSA) is 76.4 Å². The molecule has 0 spiro atoms. The molecule has 0 aliphatic heterocycles. The van der Waals surface area contributed by atoms with Crippen LogP contribution in [0.5, 0.6) is 5.75 Å². The second kappa shape index (κ2) is 9.21. The Hall–Kier alpha value is -2.83. The minimum atomic E-state index is -0.105. The van der Waals surface area contributed by atoms with Gasteiger partial charge in [-0.2, -0.15) is 0 Å². The van der Waals surface area contributed by atoms with Gasteiger partial charge in [0.1, 0.15) is 18.1 Å². The SMILES string of the molecule is C=CCNC(=NCc1nnc(C)n1C)NCC(C)(C)c1cccc(OC)c1. The molecule has 1 aromatic heterocycles. The number of ether oxygens (including phenoxy) is 1. The van der Waals surface area contributed by atoms with Crippen LogP contribution in [0.3, 0.4) is 0 Å². The van der Waals surface area contributed by atoms with Gasteiger partial charge in [0.05, 0.1) is 7.11 Å². The quantitative estimate of drug-likeness (QED) is 0.424. The molecule has 0 aliphatic carbocycles. The van der Waals surface area contributed by atoms with Gasteiger partial charge in [-0.3, -0.25) is 0 Å². The third kappa shape index (κ3) is 5.57. The van der Waals surface area contributed by atoms with Crippen LogP contribution in [0.1, 0.15) is 31.1 Å². The summed E-state index contributed by atoms with van der Waals surface area (Å²) >= 11 is 0. The van der Waals surface area contributed by atoms with E-state index < -0.39 is 0 Å². The van der Waals surface area contributed by atoms with E-state index in [9.17, 15) is 0 Å². The van der Waals surface area contributed by atoms with Crippen molar-refractivity contribution >= 4 is 5.96 Å². The molecule has 0 aliphatic rings. The Balaban J connectivity index is 2.09. The number of hydrogen-bond acceptors (Lipinski definition) is 4. The van der Waals surface area contributed by atoms with E-state index in [1.807, 2.05) is 30.7 Å². The van der Waals surface area contributed by atoms with Gasteiger partial charge in [0.15, 0.2) is 11.8 Å². The normalized spacial score (nSPS) is 12.0. The monoisotopic (exact) mass is 370 g/mol. The molecular formula is C20H30N6O. The Morgan fingerprint density at radius 1 is 1.33 bits per heavy atom. The molecule has 7 nitrogen and oxygen atoms in total. The van der Waals surface area contributed by atoms with Gasteiger partial charge in [0.25, 0.3) is 0 Å². The number of rotatable bonds is 8. The smallest absolute Gasteiger partial charge is 0.191 e. The van der Waals surface area contributed by atoms with E-state index in [4.69, 9.17) is 4.74 Å². The minimum absolute atomic E-state index is 0.105. The van der Waals surface area contributed by atoms with Crippen molar-refractivity contribution in [3.05, 3.63) is 54.1 Å². The number of nitrogens with zero attached hydrogens (tertiary/aromatic N) is 4. The average molecular weight is 371 g/mol. The summed E-state index contributed by atoms with van der Waals surface area (Å²) in [6.45, 7) is 11.8. The van der Waals surface area contributed by atoms with Gasteiger partial charge < -0.3 is 19.9 Å². The Morgan fingerprint density at radius 2 is 2.11 bits per heavy atom. The van der Waals surface area contributed by atoms with E-state index >= 15 is 0 Å². The number of nitrogens with one attached hydrogen (secondary N) is 2. The highest BCUT2D eigenvalue weighted by Gasteiger charge is 2.21. The van der Waals surface area contributed by atoms with Crippen molar-refractivity contribution < 1.29 is 4.74 Å². The lowest BCUT2D eigenvalue weighted by molar-refractivity contribution is 0.411. The van der Waals surface area contributed by atoms with Crippen molar-refractivity contribution in [2.75, 3.05) is 20.2 Å². The van der Waals surface area contributed by atoms with Gasteiger partial charge in [-0.25, -0.2) is 4.99 Å². The zero-order valence-electron chi connectivity index (χ0n) is 16.9. The van der Waals surface area contributed by atoms with Crippen molar-refractivity contribution in [3.63, 3.8) is 0 Å². The summed E-state index contributed by atoms with van der Waals surface area (Å²) in [5.41, 5.74) is 1.09. The van der Waals surface area contributed by atoms with Gasteiger partial charge in [0.2, 0.25) is 0 Å². The fraction of sp³-hybridized carbons (Fsp3) is 0.450. The molecule has 0 bridgehead atoms. The predicted molar refractivity (Wildman–Crippen MR) is 109 cm³/mol. The average Bonchev–Trinajstić information content (AvgIpc) is 2.99. The van der Waals surface area contributed by atoms with Crippen LogP contribution >= 0.6 is 0 Å². The fourth-order valence-corrected chi connectivity index (χ4v) is 2.53. The molecule has 0 atom stereocenters. The Kier molecular flexibility index (Phi) is 6.98. The van der Waals surface area contributed by atoms with Crippen LogP contribution < -0.4 is 15.4 Å². The van der Waals surface area contributed by atoms with E-state index in [0.29, 0.717) is 25.6 Å². The molecule has 2 N–H and O–H groups in total. The maximum absolute atomic E-state index is 5.35. The maximum Gasteiger partial charge on any atom is 0.191 e. The first-order chi connectivity index (χ1) is 12.9. The lowest BCUT2D eigenvalue weighted by Crippen LogP contribution is -2.43. The van der Waals surface area contributed by atoms with E-state index in [-0.39, 0.29) is 5.41 Å². The number of aliphatic imine (C=N–C) groups is 1. The number of benzene rings is 1. The highest BCUT2D eigenvalue weighted by Crippen LogP contribution is 2.25. The first-order valence-corrected chi connectivity index (χ1v) is 9.00. The summed E-state index contributed by atoms with van der Waals surface area (Å²) in [7, 11) is 3.62. The molecule has 0 saturated heterocycles. The van der Waals surface area contributed by atoms with Crippen LogP contribution in [0, 0.1) is 6.92 Å². The first-order valence-electron chi connectivity index (χ1n) is 9.00. The van der Waals surface area contributed by atoms with Crippen LogP contribution in [0.25, 0.3) is 0 Å². The predicted octanol–water partition coefficient (Wildman–Crippen LogP) is 2.33. The van der Waals surface area contributed by atoms with Crippen LogP contribution in [-0.4, -0.2) is 40.9 Å². The van der Waals surface area contributed by atoms with Gasteiger partial charge in [-0.15, -0.1) is 16.8 Å². The van der Waals surface area contributed by atoms with Crippen molar-refractivity contribution in [1.82, 2.24) is 25.4 Å². The highest BCUT2D eigenvalue weighted by atomic mass is 16.5. The molecular weight excluding hydrogens is 340 g/mol. The van der Waals surface area contributed by atoms with Gasteiger partial charge in [-0.05, 0) is 24.6 Å². The molecule has 27 heavy (non-hydrogen) atoms. The molecule has 1 heterocycles. The zero-order valence-corrected chi connectivity index (χ0v) is 16.9.